The minimum atomic E-state index is 0.622. The first-order valence-corrected chi connectivity index (χ1v) is 5.59. The molecule has 1 aromatic carbocycles. The normalized spacial score (nSPS) is 10.7. The molecule has 16 heavy (non-hydrogen) atoms. The van der Waals surface area contributed by atoms with Crippen LogP contribution in [0.25, 0.3) is 5.69 Å². The molecule has 3 nitrogen and oxygen atoms in total. The standard InChI is InChI=1S/C12H14ClN3/c1-9-8-10(13)2-3-12(9)16-7-5-11(15-16)4-6-14/h2-3,5,7-8H,4,6,14H2,1H3. The van der Waals surface area contributed by atoms with E-state index in [1.165, 1.54) is 0 Å². The number of halogens is 1. The van der Waals surface area contributed by atoms with Crippen LogP contribution in [0.4, 0.5) is 0 Å². The Morgan fingerprint density at radius 1 is 1.38 bits per heavy atom. The summed E-state index contributed by atoms with van der Waals surface area (Å²) in [6.45, 7) is 2.64. The van der Waals surface area contributed by atoms with E-state index in [0.29, 0.717) is 6.54 Å². The van der Waals surface area contributed by atoms with Crippen molar-refractivity contribution in [3.05, 3.63) is 46.7 Å². The summed E-state index contributed by atoms with van der Waals surface area (Å²) in [5.74, 6) is 0. The first-order chi connectivity index (χ1) is 7.70. The lowest BCUT2D eigenvalue weighted by molar-refractivity contribution is 0.817. The van der Waals surface area contributed by atoms with Crippen molar-refractivity contribution in [2.75, 3.05) is 6.54 Å². The van der Waals surface area contributed by atoms with Gasteiger partial charge in [-0.2, -0.15) is 5.10 Å². The average Bonchev–Trinajstić information content (AvgIpc) is 2.67. The molecule has 0 fully saturated rings. The first kappa shape index (κ1) is 11.2. The second kappa shape index (κ2) is 4.68. The Balaban J connectivity index is 2.35. The van der Waals surface area contributed by atoms with Gasteiger partial charge >= 0.3 is 0 Å². The molecule has 1 heterocycles. The summed E-state index contributed by atoms with van der Waals surface area (Å²) in [6, 6.07) is 7.76. The molecule has 0 radical (unpaired) electrons. The average molecular weight is 236 g/mol. The van der Waals surface area contributed by atoms with Gasteiger partial charge in [-0.3, -0.25) is 0 Å². The smallest absolute Gasteiger partial charge is 0.0675 e. The van der Waals surface area contributed by atoms with E-state index in [2.05, 4.69) is 5.10 Å². The zero-order valence-electron chi connectivity index (χ0n) is 9.15. The lowest BCUT2D eigenvalue weighted by Gasteiger charge is -2.05. The number of nitrogens with zero attached hydrogens (tertiary/aromatic N) is 2. The highest BCUT2D eigenvalue weighted by atomic mass is 35.5. The second-order valence-corrected chi connectivity index (χ2v) is 4.16. The molecule has 2 rings (SSSR count). The van der Waals surface area contributed by atoms with Gasteiger partial charge in [-0.05, 0) is 43.3 Å². The molecule has 84 valence electrons. The number of benzene rings is 1. The van der Waals surface area contributed by atoms with E-state index in [0.717, 1.165) is 28.4 Å². The van der Waals surface area contributed by atoms with Gasteiger partial charge in [0, 0.05) is 17.6 Å². The van der Waals surface area contributed by atoms with Gasteiger partial charge in [0.25, 0.3) is 0 Å². The summed E-state index contributed by atoms with van der Waals surface area (Å²) >= 11 is 5.91. The molecule has 0 bridgehead atoms. The van der Waals surface area contributed by atoms with Crippen LogP contribution in [-0.2, 0) is 6.42 Å². The fourth-order valence-corrected chi connectivity index (χ4v) is 1.88. The summed E-state index contributed by atoms with van der Waals surface area (Å²) in [5.41, 5.74) is 8.66. The van der Waals surface area contributed by atoms with Crippen LogP contribution in [0.5, 0.6) is 0 Å². The maximum absolute atomic E-state index is 5.91. The Labute approximate surface area is 99.8 Å². The maximum Gasteiger partial charge on any atom is 0.0675 e. The van der Waals surface area contributed by atoms with Gasteiger partial charge in [-0.15, -0.1) is 0 Å². The van der Waals surface area contributed by atoms with Crippen LogP contribution in [0.2, 0.25) is 5.02 Å². The molecule has 0 unspecified atom stereocenters. The molecule has 4 heteroatoms. The molecule has 1 aromatic heterocycles. The fraction of sp³-hybridized carbons (Fsp3) is 0.250. The molecule has 0 amide bonds. The molecule has 0 saturated heterocycles. The van der Waals surface area contributed by atoms with Crippen LogP contribution in [0.1, 0.15) is 11.3 Å². The molecule has 0 aliphatic carbocycles. The summed E-state index contributed by atoms with van der Waals surface area (Å²) in [6.07, 6.45) is 2.75. The zero-order chi connectivity index (χ0) is 11.5. The van der Waals surface area contributed by atoms with Crippen molar-refractivity contribution in [1.29, 1.82) is 0 Å². The van der Waals surface area contributed by atoms with Gasteiger partial charge in [-0.1, -0.05) is 11.6 Å². The Hall–Kier alpha value is -1.32. The quantitative estimate of drug-likeness (QED) is 0.888. The Morgan fingerprint density at radius 2 is 2.19 bits per heavy atom. The lowest BCUT2D eigenvalue weighted by atomic mass is 10.2. The van der Waals surface area contributed by atoms with Crippen molar-refractivity contribution < 1.29 is 0 Å². The molecular formula is C12H14ClN3. The van der Waals surface area contributed by atoms with Crippen LogP contribution < -0.4 is 5.73 Å². The lowest BCUT2D eigenvalue weighted by Crippen LogP contribution is -2.04. The highest BCUT2D eigenvalue weighted by Crippen LogP contribution is 2.18. The maximum atomic E-state index is 5.91. The fourth-order valence-electron chi connectivity index (χ4n) is 1.65. The second-order valence-electron chi connectivity index (χ2n) is 3.72. The number of nitrogens with two attached hydrogens (primary N) is 1. The van der Waals surface area contributed by atoms with E-state index >= 15 is 0 Å². The van der Waals surface area contributed by atoms with Crippen molar-refractivity contribution >= 4 is 11.6 Å². The van der Waals surface area contributed by atoms with E-state index in [1.54, 1.807) is 0 Å². The van der Waals surface area contributed by atoms with Gasteiger partial charge < -0.3 is 5.73 Å². The van der Waals surface area contributed by atoms with Crippen molar-refractivity contribution in [2.24, 2.45) is 5.73 Å². The van der Waals surface area contributed by atoms with Crippen molar-refractivity contribution in [3.63, 3.8) is 0 Å². The Kier molecular flexibility index (Phi) is 3.27. The van der Waals surface area contributed by atoms with E-state index in [1.807, 2.05) is 42.1 Å². The van der Waals surface area contributed by atoms with Gasteiger partial charge in [0.05, 0.1) is 11.4 Å². The van der Waals surface area contributed by atoms with E-state index < -0.39 is 0 Å². The van der Waals surface area contributed by atoms with E-state index in [4.69, 9.17) is 17.3 Å². The molecule has 0 atom stereocenters. The first-order valence-electron chi connectivity index (χ1n) is 5.22. The highest BCUT2D eigenvalue weighted by molar-refractivity contribution is 6.30. The molecule has 2 aromatic rings. The molecule has 2 N–H and O–H groups in total. The Morgan fingerprint density at radius 3 is 2.88 bits per heavy atom. The predicted molar refractivity (Wildman–Crippen MR) is 66.1 cm³/mol. The van der Waals surface area contributed by atoms with Gasteiger partial charge in [-0.25, -0.2) is 4.68 Å². The number of hydrogen-bond acceptors (Lipinski definition) is 2. The van der Waals surface area contributed by atoms with Crippen LogP contribution in [0.15, 0.2) is 30.5 Å². The van der Waals surface area contributed by atoms with E-state index in [9.17, 15) is 0 Å². The summed E-state index contributed by atoms with van der Waals surface area (Å²) in [4.78, 5) is 0. The molecule has 0 spiro atoms. The van der Waals surface area contributed by atoms with Crippen molar-refractivity contribution in [2.45, 2.75) is 13.3 Å². The highest BCUT2D eigenvalue weighted by Gasteiger charge is 2.04. The summed E-state index contributed by atoms with van der Waals surface area (Å²) in [7, 11) is 0. The number of aryl methyl sites for hydroxylation is 1. The largest absolute Gasteiger partial charge is 0.330 e. The minimum absolute atomic E-state index is 0.622. The monoisotopic (exact) mass is 235 g/mol. The number of aromatic nitrogens is 2. The topological polar surface area (TPSA) is 43.8 Å². The molecule has 0 aliphatic heterocycles. The van der Waals surface area contributed by atoms with Gasteiger partial charge in [0.15, 0.2) is 0 Å². The number of hydrogen-bond donors (Lipinski definition) is 1. The summed E-state index contributed by atoms with van der Waals surface area (Å²) in [5, 5.41) is 5.20. The minimum Gasteiger partial charge on any atom is -0.330 e. The Bertz CT molecular complexity index is 491. The van der Waals surface area contributed by atoms with Crippen LogP contribution in [-0.4, -0.2) is 16.3 Å². The van der Waals surface area contributed by atoms with Crippen LogP contribution in [0.3, 0.4) is 0 Å². The molecule has 0 aliphatic rings. The predicted octanol–water partition coefficient (Wildman–Crippen LogP) is 2.34. The third kappa shape index (κ3) is 2.26. The molecular weight excluding hydrogens is 222 g/mol. The molecule has 0 saturated carbocycles. The zero-order valence-corrected chi connectivity index (χ0v) is 9.91. The van der Waals surface area contributed by atoms with Crippen LogP contribution >= 0.6 is 11.6 Å². The SMILES string of the molecule is Cc1cc(Cl)ccc1-n1ccc(CCN)n1. The third-order valence-electron chi connectivity index (χ3n) is 2.45. The van der Waals surface area contributed by atoms with Crippen molar-refractivity contribution in [3.8, 4) is 5.69 Å². The van der Waals surface area contributed by atoms with Crippen LogP contribution in [0, 0.1) is 6.92 Å². The van der Waals surface area contributed by atoms with Crippen molar-refractivity contribution in [1.82, 2.24) is 9.78 Å². The van der Waals surface area contributed by atoms with Gasteiger partial charge in [0.2, 0.25) is 0 Å². The van der Waals surface area contributed by atoms with Gasteiger partial charge in [0.1, 0.15) is 0 Å². The number of rotatable bonds is 3. The third-order valence-corrected chi connectivity index (χ3v) is 2.69. The van der Waals surface area contributed by atoms with E-state index in [-0.39, 0.29) is 0 Å². The summed E-state index contributed by atoms with van der Waals surface area (Å²) < 4.78 is 1.86.